The summed E-state index contributed by atoms with van der Waals surface area (Å²) in [4.78, 5) is 9.61. The minimum absolute atomic E-state index is 0.850. The van der Waals surface area contributed by atoms with Gasteiger partial charge in [-0.3, -0.25) is 4.99 Å². The fourth-order valence-electron chi connectivity index (χ4n) is 3.03. The first kappa shape index (κ1) is 17.8. The zero-order chi connectivity index (χ0) is 18.7. The Morgan fingerprint density at radius 3 is 2.04 bits per heavy atom. The van der Waals surface area contributed by atoms with E-state index in [9.17, 15) is 0 Å². The molecule has 0 aliphatic heterocycles. The highest BCUT2D eigenvalue weighted by Crippen LogP contribution is 2.25. The summed E-state index contributed by atoms with van der Waals surface area (Å²) < 4.78 is 1.78. The van der Waals surface area contributed by atoms with E-state index in [2.05, 4.69) is 38.0 Å². The molecule has 0 saturated heterocycles. The molecule has 0 fully saturated rings. The summed E-state index contributed by atoms with van der Waals surface area (Å²) in [6, 6.07) is 14.2. The van der Waals surface area contributed by atoms with Gasteiger partial charge in [0.25, 0.3) is 0 Å². The second-order valence-corrected chi connectivity index (χ2v) is 6.60. The van der Waals surface area contributed by atoms with Crippen molar-refractivity contribution in [3.05, 3.63) is 82.9 Å². The number of hydrogen-bond acceptors (Lipinski definition) is 3. The quantitative estimate of drug-likeness (QED) is 0.598. The summed E-state index contributed by atoms with van der Waals surface area (Å²) in [5.74, 6) is 0. The molecule has 0 N–H and O–H groups in total. The summed E-state index contributed by atoms with van der Waals surface area (Å²) in [7, 11) is 0. The second kappa shape index (κ2) is 7.48. The number of nitrogens with zero attached hydrogens (tertiary/aromatic N) is 4. The Hall–Kier alpha value is -3.01. The lowest BCUT2D eigenvalue weighted by Crippen LogP contribution is -2.06. The van der Waals surface area contributed by atoms with Crippen LogP contribution in [0.1, 0.15) is 41.9 Å². The number of benzene rings is 1. The van der Waals surface area contributed by atoms with Crippen LogP contribution < -0.4 is 0 Å². The molecule has 0 spiro atoms. The summed E-state index contributed by atoms with van der Waals surface area (Å²) in [5, 5.41) is 4.54. The highest BCUT2D eigenvalue weighted by atomic mass is 15.3. The minimum atomic E-state index is 0.850. The molecule has 0 saturated carbocycles. The Bertz CT molecular complexity index is 956. The third-order valence-corrected chi connectivity index (χ3v) is 4.26. The van der Waals surface area contributed by atoms with Crippen LogP contribution >= 0.6 is 0 Å². The number of aryl methyl sites for hydroxylation is 3. The zero-order valence-electron chi connectivity index (χ0n) is 16.0. The van der Waals surface area contributed by atoms with Crippen LogP contribution in [0.25, 0.3) is 0 Å². The lowest BCUT2D eigenvalue weighted by molar-refractivity contribution is 0.884. The van der Waals surface area contributed by atoms with E-state index in [1.807, 2.05) is 56.6 Å². The standard InChI is InChI=1S/C22H24N4/c1-15-13-16(2)22(17(3)14-15)23-18(4)20-9-8-10-21(24-20)19(5)25-26-11-6-7-12-26/h6-14H,1-5H3/b23-18+,25-19+. The van der Waals surface area contributed by atoms with Crippen LogP contribution in [0.4, 0.5) is 5.69 Å². The van der Waals surface area contributed by atoms with Gasteiger partial charge in [-0.05, 0) is 70.0 Å². The van der Waals surface area contributed by atoms with Crippen molar-refractivity contribution in [2.75, 3.05) is 0 Å². The van der Waals surface area contributed by atoms with Crippen molar-refractivity contribution in [3.8, 4) is 0 Å². The first-order valence-electron chi connectivity index (χ1n) is 8.73. The third kappa shape index (κ3) is 3.97. The highest BCUT2D eigenvalue weighted by Gasteiger charge is 2.07. The summed E-state index contributed by atoms with van der Waals surface area (Å²) >= 11 is 0. The molecule has 26 heavy (non-hydrogen) atoms. The van der Waals surface area contributed by atoms with Crippen LogP contribution in [0.15, 0.2) is 65.0 Å². The molecule has 0 radical (unpaired) electrons. The molecule has 0 aliphatic rings. The number of aromatic nitrogens is 2. The largest absolute Gasteiger partial charge is 0.251 e. The van der Waals surface area contributed by atoms with E-state index in [1.165, 1.54) is 16.7 Å². The molecule has 2 aromatic heterocycles. The van der Waals surface area contributed by atoms with Crippen LogP contribution in [-0.2, 0) is 0 Å². The van der Waals surface area contributed by atoms with Crippen molar-refractivity contribution < 1.29 is 0 Å². The Morgan fingerprint density at radius 2 is 1.42 bits per heavy atom. The monoisotopic (exact) mass is 344 g/mol. The van der Waals surface area contributed by atoms with Gasteiger partial charge in [-0.2, -0.15) is 5.10 Å². The summed E-state index contributed by atoms with van der Waals surface area (Å²) in [5.41, 5.74) is 8.12. The normalized spacial score (nSPS) is 12.5. The van der Waals surface area contributed by atoms with Gasteiger partial charge in [0.05, 0.1) is 28.5 Å². The number of hydrogen-bond donors (Lipinski definition) is 0. The molecule has 1 aromatic carbocycles. The molecule has 0 atom stereocenters. The average molecular weight is 344 g/mol. The van der Waals surface area contributed by atoms with Crippen molar-refractivity contribution >= 4 is 17.1 Å². The first-order valence-corrected chi connectivity index (χ1v) is 8.73. The van der Waals surface area contributed by atoms with E-state index in [4.69, 9.17) is 9.98 Å². The fourth-order valence-corrected chi connectivity index (χ4v) is 3.03. The maximum atomic E-state index is 4.85. The lowest BCUT2D eigenvalue weighted by atomic mass is 10.1. The predicted octanol–water partition coefficient (Wildman–Crippen LogP) is 5.22. The summed E-state index contributed by atoms with van der Waals surface area (Å²) in [6.07, 6.45) is 3.81. The Labute approximate surface area is 154 Å². The molecule has 4 nitrogen and oxygen atoms in total. The van der Waals surface area contributed by atoms with Crippen molar-refractivity contribution in [1.29, 1.82) is 0 Å². The number of rotatable bonds is 4. The average Bonchev–Trinajstić information content (AvgIpc) is 3.11. The van der Waals surface area contributed by atoms with Gasteiger partial charge in [-0.1, -0.05) is 23.8 Å². The topological polar surface area (TPSA) is 42.5 Å². The molecule has 3 aromatic rings. The van der Waals surface area contributed by atoms with Gasteiger partial charge in [0.2, 0.25) is 0 Å². The lowest BCUT2D eigenvalue weighted by Gasteiger charge is -2.09. The molecular formula is C22H24N4. The van der Waals surface area contributed by atoms with Crippen LogP contribution in [0.2, 0.25) is 0 Å². The van der Waals surface area contributed by atoms with Gasteiger partial charge in [0.15, 0.2) is 0 Å². The zero-order valence-corrected chi connectivity index (χ0v) is 16.0. The van der Waals surface area contributed by atoms with Gasteiger partial charge in [-0.25, -0.2) is 9.66 Å². The van der Waals surface area contributed by atoms with Crippen LogP contribution in [0.3, 0.4) is 0 Å². The molecule has 2 heterocycles. The van der Waals surface area contributed by atoms with Crippen molar-refractivity contribution in [1.82, 2.24) is 9.66 Å². The maximum absolute atomic E-state index is 4.85. The van der Waals surface area contributed by atoms with Gasteiger partial charge >= 0.3 is 0 Å². The Morgan fingerprint density at radius 1 is 0.846 bits per heavy atom. The predicted molar refractivity (Wildman–Crippen MR) is 109 cm³/mol. The van der Waals surface area contributed by atoms with Crippen LogP contribution in [-0.4, -0.2) is 21.1 Å². The van der Waals surface area contributed by atoms with E-state index in [0.717, 1.165) is 28.5 Å². The third-order valence-electron chi connectivity index (χ3n) is 4.26. The molecule has 0 amide bonds. The van der Waals surface area contributed by atoms with Gasteiger partial charge in [0.1, 0.15) is 0 Å². The van der Waals surface area contributed by atoms with E-state index < -0.39 is 0 Å². The van der Waals surface area contributed by atoms with Gasteiger partial charge < -0.3 is 0 Å². The number of pyridine rings is 1. The van der Waals surface area contributed by atoms with E-state index in [1.54, 1.807) is 4.68 Å². The van der Waals surface area contributed by atoms with Gasteiger partial charge in [-0.15, -0.1) is 0 Å². The van der Waals surface area contributed by atoms with Crippen molar-refractivity contribution in [2.45, 2.75) is 34.6 Å². The molecule has 0 aliphatic carbocycles. The smallest absolute Gasteiger partial charge is 0.0867 e. The molecule has 132 valence electrons. The minimum Gasteiger partial charge on any atom is -0.251 e. The maximum Gasteiger partial charge on any atom is 0.0867 e. The second-order valence-electron chi connectivity index (χ2n) is 6.60. The Kier molecular flexibility index (Phi) is 5.12. The van der Waals surface area contributed by atoms with Gasteiger partial charge in [0, 0.05) is 12.4 Å². The number of aliphatic imine (C=N–C) groups is 1. The fraction of sp³-hybridized carbons (Fsp3) is 0.227. The highest BCUT2D eigenvalue weighted by molar-refractivity contribution is 6.01. The van der Waals surface area contributed by atoms with E-state index in [-0.39, 0.29) is 0 Å². The molecule has 0 unspecified atom stereocenters. The first-order chi connectivity index (χ1) is 12.4. The van der Waals surface area contributed by atoms with E-state index in [0.29, 0.717) is 0 Å². The Balaban J connectivity index is 1.95. The van der Waals surface area contributed by atoms with Crippen molar-refractivity contribution in [3.63, 3.8) is 0 Å². The summed E-state index contributed by atoms with van der Waals surface area (Å²) in [6.45, 7) is 10.3. The van der Waals surface area contributed by atoms with Crippen molar-refractivity contribution in [2.24, 2.45) is 10.1 Å². The molecule has 4 heteroatoms. The SMILES string of the molecule is C/C(=N\c1c(C)cc(C)cc1C)c1cccc(/C(C)=N/n2cccc2)n1. The molecule has 0 bridgehead atoms. The van der Waals surface area contributed by atoms with Crippen LogP contribution in [0.5, 0.6) is 0 Å². The van der Waals surface area contributed by atoms with E-state index >= 15 is 0 Å². The molecule has 3 rings (SSSR count). The molecular weight excluding hydrogens is 320 g/mol. The van der Waals surface area contributed by atoms with Crippen LogP contribution in [0, 0.1) is 20.8 Å².